The lowest BCUT2D eigenvalue weighted by Gasteiger charge is -2.44. The third-order valence-electron chi connectivity index (χ3n) is 11.7. The molecule has 10 nitrogen and oxygen atoms in total. The molecule has 6 atom stereocenters. The topological polar surface area (TPSA) is 128 Å². The van der Waals surface area contributed by atoms with E-state index in [1.165, 1.54) is 16.9 Å². The summed E-state index contributed by atoms with van der Waals surface area (Å²) in [5.41, 5.74) is 5.88. The predicted molar refractivity (Wildman–Crippen MR) is 217 cm³/mol. The first-order chi connectivity index (χ1) is 27.2. The van der Waals surface area contributed by atoms with Gasteiger partial charge in [0, 0.05) is 28.7 Å². The number of phenols is 1. The number of para-hydroxylation sites is 2. The molecule has 280 valence electrons. The first kappa shape index (κ1) is 35.5. The quantitative estimate of drug-likeness (QED) is 0.105. The Bertz CT molecular complexity index is 2400. The minimum absolute atomic E-state index is 0.0882. The molecule has 0 spiro atoms. The van der Waals surface area contributed by atoms with Crippen molar-refractivity contribution in [2.24, 2.45) is 29.6 Å². The van der Waals surface area contributed by atoms with Crippen molar-refractivity contribution in [3.05, 3.63) is 143 Å². The van der Waals surface area contributed by atoms with Gasteiger partial charge in [-0.2, -0.15) is 0 Å². The van der Waals surface area contributed by atoms with Crippen LogP contribution in [0.25, 0.3) is 0 Å². The molecule has 2 aliphatic heterocycles. The summed E-state index contributed by atoms with van der Waals surface area (Å²) < 4.78 is 5.90. The molecule has 6 unspecified atom stereocenters. The van der Waals surface area contributed by atoms with Gasteiger partial charge in [-0.05, 0) is 125 Å². The van der Waals surface area contributed by atoms with Crippen molar-refractivity contribution in [3.8, 4) is 11.5 Å². The van der Waals surface area contributed by atoms with Crippen molar-refractivity contribution in [2.75, 3.05) is 27.5 Å². The molecule has 3 fully saturated rings. The maximum atomic E-state index is 14.7. The number of methoxy groups -OCH3 is 1. The molecule has 2 heterocycles. The van der Waals surface area contributed by atoms with Crippen molar-refractivity contribution in [1.82, 2.24) is 0 Å². The summed E-state index contributed by atoms with van der Waals surface area (Å²) in [5.74, 6) is -5.08. The van der Waals surface area contributed by atoms with Gasteiger partial charge < -0.3 is 20.5 Å². The van der Waals surface area contributed by atoms with Gasteiger partial charge >= 0.3 is 0 Å². The molecular weight excluding hydrogens is 772 g/mol. The normalized spacial score (nSPS) is 24.0. The Balaban J connectivity index is 1.06. The SMILES string of the molecule is COc1cc(C2C3=CCC4C(=O)N(c5ccc(Nc6ccccc6)cc5)C(=O)C4C3CC3C(=O)N(c4ccc(Nc5ccccc5)cc4)C(=O)C32)cc(Br)c1O. The number of rotatable bonds is 8. The fraction of sp³-hybridized carbons (Fsp3) is 0.200. The molecule has 0 radical (unpaired) electrons. The van der Waals surface area contributed by atoms with Crippen molar-refractivity contribution in [3.63, 3.8) is 0 Å². The minimum atomic E-state index is -0.780. The molecule has 56 heavy (non-hydrogen) atoms. The number of amides is 4. The van der Waals surface area contributed by atoms with Crippen LogP contribution < -0.4 is 25.2 Å². The van der Waals surface area contributed by atoms with Crippen LogP contribution in [0.15, 0.2) is 137 Å². The first-order valence-electron chi connectivity index (χ1n) is 18.6. The van der Waals surface area contributed by atoms with E-state index in [4.69, 9.17) is 4.74 Å². The number of benzene rings is 5. The van der Waals surface area contributed by atoms with E-state index < -0.39 is 35.5 Å². The number of carbonyl (C=O) groups excluding carboxylic acids is 4. The third kappa shape index (κ3) is 5.94. The summed E-state index contributed by atoms with van der Waals surface area (Å²) in [5, 5.41) is 17.4. The Morgan fingerprint density at radius 1 is 0.625 bits per heavy atom. The first-order valence-corrected chi connectivity index (χ1v) is 19.4. The number of ether oxygens (including phenoxy) is 1. The summed E-state index contributed by atoms with van der Waals surface area (Å²) in [7, 11) is 1.45. The van der Waals surface area contributed by atoms with E-state index in [1.54, 1.807) is 36.4 Å². The molecule has 4 aliphatic rings. The molecule has 5 aromatic rings. The van der Waals surface area contributed by atoms with E-state index in [0.29, 0.717) is 27.8 Å². The number of hydrogen-bond acceptors (Lipinski definition) is 8. The van der Waals surface area contributed by atoms with Crippen molar-refractivity contribution in [1.29, 1.82) is 0 Å². The standard InChI is InChI=1S/C45H37BrN4O6/c1-56-37-23-25(22-36(46)41(37)51)38-32-20-21-33-39(44(54)49(42(33)52)30-16-12-28(13-17-30)47-26-8-4-2-5-9-26)34(32)24-35-40(38)45(55)50(43(35)53)31-18-14-29(15-19-31)48-27-10-6-3-7-11-27/h2-20,22-23,33-35,38-40,47-48,51H,21,24H2,1H3. The zero-order chi connectivity index (χ0) is 38.7. The Morgan fingerprint density at radius 3 is 1.66 bits per heavy atom. The molecule has 0 bridgehead atoms. The second-order valence-electron chi connectivity index (χ2n) is 14.7. The molecular formula is C45H37BrN4O6. The Labute approximate surface area is 331 Å². The summed E-state index contributed by atoms with van der Waals surface area (Å²) in [6, 6.07) is 37.3. The van der Waals surface area contributed by atoms with Gasteiger partial charge in [0.2, 0.25) is 23.6 Å². The van der Waals surface area contributed by atoms with Gasteiger partial charge in [-0.15, -0.1) is 0 Å². The third-order valence-corrected chi connectivity index (χ3v) is 12.3. The van der Waals surface area contributed by atoms with E-state index in [1.807, 2.05) is 91.0 Å². The van der Waals surface area contributed by atoms with Gasteiger partial charge in [-0.1, -0.05) is 48.0 Å². The molecule has 0 aromatic heterocycles. The lowest BCUT2D eigenvalue weighted by Crippen LogP contribution is -2.43. The number of carbonyl (C=O) groups is 4. The van der Waals surface area contributed by atoms with Crippen molar-refractivity contribution >= 4 is 73.7 Å². The number of fused-ring (bicyclic) bond motifs is 4. The maximum Gasteiger partial charge on any atom is 0.238 e. The van der Waals surface area contributed by atoms with E-state index >= 15 is 0 Å². The lowest BCUT2D eigenvalue weighted by atomic mass is 9.57. The summed E-state index contributed by atoms with van der Waals surface area (Å²) in [6.07, 6.45) is 2.56. The highest BCUT2D eigenvalue weighted by atomic mass is 79.9. The Morgan fingerprint density at radius 2 is 1.12 bits per heavy atom. The van der Waals surface area contributed by atoms with Crippen LogP contribution in [0.5, 0.6) is 11.5 Å². The fourth-order valence-electron chi connectivity index (χ4n) is 9.17. The van der Waals surface area contributed by atoms with Gasteiger partial charge in [0.05, 0.1) is 46.6 Å². The molecule has 1 saturated carbocycles. The fourth-order valence-corrected chi connectivity index (χ4v) is 9.63. The number of aromatic hydroxyl groups is 1. The maximum absolute atomic E-state index is 14.7. The van der Waals surface area contributed by atoms with Crippen LogP contribution in [0.2, 0.25) is 0 Å². The van der Waals surface area contributed by atoms with Gasteiger partial charge in [0.15, 0.2) is 11.5 Å². The summed E-state index contributed by atoms with van der Waals surface area (Å²) in [6.45, 7) is 0. The number of phenolic OH excluding ortho intramolecular Hbond substituents is 1. The lowest BCUT2D eigenvalue weighted by molar-refractivity contribution is -0.126. The van der Waals surface area contributed by atoms with Crippen LogP contribution in [0, 0.1) is 29.6 Å². The van der Waals surface area contributed by atoms with Crippen LogP contribution in [0.1, 0.15) is 24.3 Å². The zero-order valence-electron chi connectivity index (χ0n) is 30.3. The van der Waals surface area contributed by atoms with Crippen molar-refractivity contribution in [2.45, 2.75) is 18.8 Å². The molecule has 3 N–H and O–H groups in total. The molecule has 2 aliphatic carbocycles. The number of anilines is 6. The number of allylic oxidation sites excluding steroid dienone is 2. The van der Waals surface area contributed by atoms with Crippen LogP contribution in [-0.4, -0.2) is 35.8 Å². The van der Waals surface area contributed by atoms with E-state index in [0.717, 1.165) is 28.3 Å². The summed E-state index contributed by atoms with van der Waals surface area (Å²) in [4.78, 5) is 60.4. The number of nitrogens with zero attached hydrogens (tertiary/aromatic N) is 2. The van der Waals surface area contributed by atoms with Gasteiger partial charge in [0.25, 0.3) is 0 Å². The van der Waals surface area contributed by atoms with Crippen molar-refractivity contribution < 1.29 is 29.0 Å². The highest BCUT2D eigenvalue weighted by molar-refractivity contribution is 9.10. The van der Waals surface area contributed by atoms with Crippen LogP contribution in [0.3, 0.4) is 0 Å². The van der Waals surface area contributed by atoms with Crippen LogP contribution in [0.4, 0.5) is 34.1 Å². The number of hydrogen-bond donors (Lipinski definition) is 3. The van der Waals surface area contributed by atoms with Gasteiger partial charge in [-0.3, -0.25) is 29.0 Å². The van der Waals surface area contributed by atoms with E-state index in [9.17, 15) is 24.3 Å². The monoisotopic (exact) mass is 808 g/mol. The molecule has 4 amide bonds. The van der Waals surface area contributed by atoms with Crippen LogP contribution in [-0.2, 0) is 19.2 Å². The number of imide groups is 2. The smallest absolute Gasteiger partial charge is 0.238 e. The highest BCUT2D eigenvalue weighted by Gasteiger charge is 2.62. The number of halogens is 1. The molecule has 11 heteroatoms. The average Bonchev–Trinajstić information content (AvgIpc) is 3.63. The summed E-state index contributed by atoms with van der Waals surface area (Å²) >= 11 is 3.46. The predicted octanol–water partition coefficient (Wildman–Crippen LogP) is 8.70. The van der Waals surface area contributed by atoms with E-state index in [2.05, 4.69) is 26.6 Å². The molecule has 5 aromatic carbocycles. The molecule has 9 rings (SSSR count). The zero-order valence-corrected chi connectivity index (χ0v) is 31.8. The average molecular weight is 810 g/mol. The van der Waals surface area contributed by atoms with Gasteiger partial charge in [0.1, 0.15) is 0 Å². The Kier molecular flexibility index (Phi) is 8.96. The highest BCUT2D eigenvalue weighted by Crippen LogP contribution is 2.59. The van der Waals surface area contributed by atoms with Crippen LogP contribution >= 0.6 is 15.9 Å². The second-order valence-corrected chi connectivity index (χ2v) is 15.5. The van der Waals surface area contributed by atoms with Gasteiger partial charge in [-0.25, -0.2) is 0 Å². The van der Waals surface area contributed by atoms with E-state index in [-0.39, 0.29) is 41.5 Å². The number of nitrogens with one attached hydrogen (secondary N) is 2. The minimum Gasteiger partial charge on any atom is -0.503 e. The molecule has 2 saturated heterocycles. The Hall–Kier alpha value is -6.20. The largest absolute Gasteiger partial charge is 0.503 e. The second kappa shape index (κ2) is 14.1.